The Kier molecular flexibility index (Phi) is 3.96. The summed E-state index contributed by atoms with van der Waals surface area (Å²) in [6, 6.07) is 0. The van der Waals surface area contributed by atoms with Gasteiger partial charge in [0.05, 0.1) is 0 Å². The van der Waals surface area contributed by atoms with E-state index in [-0.39, 0.29) is 0 Å². The van der Waals surface area contributed by atoms with Gasteiger partial charge in [-0.2, -0.15) is 0 Å². The first-order chi connectivity index (χ1) is 6.27. The second kappa shape index (κ2) is 5.02. The first-order valence-corrected chi connectivity index (χ1v) is 4.94. The minimum absolute atomic E-state index is 0.650. The van der Waals surface area contributed by atoms with Crippen LogP contribution in [0.25, 0.3) is 0 Å². The van der Waals surface area contributed by atoms with Gasteiger partial charge in [0.1, 0.15) is 5.82 Å². The van der Waals surface area contributed by atoms with Gasteiger partial charge in [0, 0.05) is 25.9 Å². The molecular weight excluding hydrogens is 162 g/mol. The Morgan fingerprint density at radius 2 is 2.38 bits per heavy atom. The monoisotopic (exact) mass is 181 g/mol. The fraction of sp³-hybridized carbons (Fsp3) is 0.700. The molecule has 0 saturated carbocycles. The molecule has 1 aromatic heterocycles. The van der Waals surface area contributed by atoms with Crippen LogP contribution in [0.3, 0.4) is 0 Å². The van der Waals surface area contributed by atoms with E-state index < -0.39 is 0 Å². The van der Waals surface area contributed by atoms with Crippen molar-refractivity contribution in [3.8, 4) is 0 Å². The van der Waals surface area contributed by atoms with E-state index in [2.05, 4.69) is 16.5 Å². The van der Waals surface area contributed by atoms with Crippen LogP contribution in [0, 0.1) is 5.92 Å². The Labute approximate surface area is 80.0 Å². The summed E-state index contributed by atoms with van der Waals surface area (Å²) in [5.74, 6) is 1.81. The van der Waals surface area contributed by atoms with Crippen molar-refractivity contribution in [3.05, 3.63) is 18.2 Å². The number of aromatic nitrogens is 2. The average molecular weight is 181 g/mol. The number of aryl methyl sites for hydroxylation is 2. The first-order valence-electron chi connectivity index (χ1n) is 4.94. The lowest BCUT2D eigenvalue weighted by atomic mass is 10.0. The van der Waals surface area contributed by atoms with E-state index in [9.17, 15) is 0 Å². The van der Waals surface area contributed by atoms with E-state index in [0.29, 0.717) is 5.92 Å². The maximum Gasteiger partial charge on any atom is 0.108 e. The molecule has 1 unspecified atom stereocenters. The van der Waals surface area contributed by atoms with Gasteiger partial charge in [-0.25, -0.2) is 4.98 Å². The van der Waals surface area contributed by atoms with Crippen LogP contribution in [0.4, 0.5) is 0 Å². The Hall–Kier alpha value is -0.830. The van der Waals surface area contributed by atoms with Crippen molar-refractivity contribution in [2.45, 2.75) is 26.2 Å². The van der Waals surface area contributed by atoms with Crippen LogP contribution in [0.1, 0.15) is 25.6 Å². The van der Waals surface area contributed by atoms with E-state index in [4.69, 9.17) is 5.73 Å². The van der Waals surface area contributed by atoms with Crippen molar-refractivity contribution in [2.75, 3.05) is 6.54 Å². The molecule has 0 fully saturated rings. The number of rotatable bonds is 5. The Morgan fingerprint density at radius 1 is 1.62 bits per heavy atom. The van der Waals surface area contributed by atoms with Gasteiger partial charge in [-0.3, -0.25) is 0 Å². The topological polar surface area (TPSA) is 43.8 Å². The summed E-state index contributed by atoms with van der Waals surface area (Å²) in [7, 11) is 2.03. The Balaban J connectivity index is 2.38. The molecule has 1 rings (SSSR count). The molecule has 0 aliphatic heterocycles. The summed E-state index contributed by atoms with van der Waals surface area (Å²) in [4.78, 5) is 4.28. The van der Waals surface area contributed by atoms with Crippen LogP contribution in [-0.4, -0.2) is 16.1 Å². The van der Waals surface area contributed by atoms with Gasteiger partial charge in [-0.05, 0) is 18.9 Å². The summed E-state index contributed by atoms with van der Waals surface area (Å²) >= 11 is 0. The highest BCUT2D eigenvalue weighted by atomic mass is 15.0. The molecule has 3 heteroatoms. The Bertz CT molecular complexity index is 238. The number of hydrogen-bond acceptors (Lipinski definition) is 2. The fourth-order valence-corrected chi connectivity index (χ4v) is 1.46. The molecule has 0 radical (unpaired) electrons. The third-order valence-electron chi connectivity index (χ3n) is 2.61. The number of imidazole rings is 1. The van der Waals surface area contributed by atoms with Crippen molar-refractivity contribution in [1.82, 2.24) is 9.55 Å². The highest BCUT2D eigenvalue weighted by Gasteiger charge is 2.05. The molecule has 0 saturated heterocycles. The molecule has 13 heavy (non-hydrogen) atoms. The van der Waals surface area contributed by atoms with Crippen LogP contribution in [-0.2, 0) is 13.5 Å². The maximum atomic E-state index is 5.63. The molecule has 3 nitrogen and oxygen atoms in total. The molecule has 1 aromatic rings. The minimum atomic E-state index is 0.650. The van der Waals surface area contributed by atoms with Gasteiger partial charge in [0.2, 0.25) is 0 Å². The first kappa shape index (κ1) is 10.3. The van der Waals surface area contributed by atoms with Crippen molar-refractivity contribution in [1.29, 1.82) is 0 Å². The van der Waals surface area contributed by atoms with E-state index in [1.807, 2.05) is 19.4 Å². The number of nitrogens with two attached hydrogens (primary N) is 1. The van der Waals surface area contributed by atoms with Crippen molar-refractivity contribution in [2.24, 2.45) is 18.7 Å². The third kappa shape index (κ3) is 2.84. The SMILES string of the molecule is CCC(CN)CCc1nccn1C. The van der Waals surface area contributed by atoms with Crippen LogP contribution in [0.2, 0.25) is 0 Å². The molecule has 0 aliphatic carbocycles. The van der Waals surface area contributed by atoms with Crippen LogP contribution < -0.4 is 5.73 Å². The lowest BCUT2D eigenvalue weighted by Gasteiger charge is -2.11. The van der Waals surface area contributed by atoms with Gasteiger partial charge < -0.3 is 10.3 Å². The highest BCUT2D eigenvalue weighted by Crippen LogP contribution is 2.10. The van der Waals surface area contributed by atoms with Crippen LogP contribution in [0.5, 0.6) is 0 Å². The summed E-state index contributed by atoms with van der Waals surface area (Å²) < 4.78 is 2.07. The van der Waals surface area contributed by atoms with Gasteiger partial charge in [0.25, 0.3) is 0 Å². The predicted molar refractivity (Wildman–Crippen MR) is 54.4 cm³/mol. The zero-order valence-electron chi connectivity index (χ0n) is 8.53. The quantitative estimate of drug-likeness (QED) is 0.745. The second-order valence-corrected chi connectivity index (χ2v) is 3.50. The third-order valence-corrected chi connectivity index (χ3v) is 2.61. The molecule has 74 valence electrons. The summed E-state index contributed by atoms with van der Waals surface area (Å²) in [5, 5.41) is 0. The zero-order chi connectivity index (χ0) is 9.68. The average Bonchev–Trinajstić information content (AvgIpc) is 2.54. The highest BCUT2D eigenvalue weighted by molar-refractivity contribution is 4.91. The van der Waals surface area contributed by atoms with E-state index >= 15 is 0 Å². The summed E-state index contributed by atoms with van der Waals surface area (Å²) in [6.07, 6.45) is 7.19. The van der Waals surface area contributed by atoms with Gasteiger partial charge >= 0.3 is 0 Å². The Morgan fingerprint density at radius 3 is 2.85 bits per heavy atom. The van der Waals surface area contributed by atoms with Crippen LogP contribution in [0.15, 0.2) is 12.4 Å². The summed E-state index contributed by atoms with van der Waals surface area (Å²) in [5.41, 5.74) is 5.63. The van der Waals surface area contributed by atoms with E-state index in [1.54, 1.807) is 0 Å². The predicted octanol–water partition coefficient (Wildman–Crippen LogP) is 1.34. The molecule has 0 spiro atoms. The van der Waals surface area contributed by atoms with E-state index in [0.717, 1.165) is 25.2 Å². The standard InChI is InChI=1S/C10H19N3/c1-3-9(8-11)4-5-10-12-6-7-13(10)2/h6-7,9H,3-5,8,11H2,1-2H3. The van der Waals surface area contributed by atoms with Crippen molar-refractivity contribution in [3.63, 3.8) is 0 Å². The second-order valence-electron chi connectivity index (χ2n) is 3.50. The number of hydrogen-bond donors (Lipinski definition) is 1. The summed E-state index contributed by atoms with van der Waals surface area (Å²) in [6.45, 7) is 2.98. The van der Waals surface area contributed by atoms with E-state index in [1.165, 1.54) is 6.42 Å². The molecule has 0 aromatic carbocycles. The fourth-order valence-electron chi connectivity index (χ4n) is 1.46. The largest absolute Gasteiger partial charge is 0.338 e. The number of nitrogens with zero attached hydrogens (tertiary/aromatic N) is 2. The lowest BCUT2D eigenvalue weighted by Crippen LogP contribution is -2.14. The smallest absolute Gasteiger partial charge is 0.108 e. The molecule has 0 amide bonds. The molecule has 2 N–H and O–H groups in total. The molecule has 0 bridgehead atoms. The van der Waals surface area contributed by atoms with Crippen LogP contribution >= 0.6 is 0 Å². The normalized spacial score (nSPS) is 13.2. The van der Waals surface area contributed by atoms with Crippen molar-refractivity contribution >= 4 is 0 Å². The molecule has 1 heterocycles. The zero-order valence-corrected chi connectivity index (χ0v) is 8.53. The van der Waals surface area contributed by atoms with Gasteiger partial charge in [0.15, 0.2) is 0 Å². The maximum absolute atomic E-state index is 5.63. The minimum Gasteiger partial charge on any atom is -0.338 e. The molecule has 1 atom stereocenters. The molecular formula is C10H19N3. The van der Waals surface area contributed by atoms with Gasteiger partial charge in [-0.1, -0.05) is 13.3 Å². The van der Waals surface area contributed by atoms with Gasteiger partial charge in [-0.15, -0.1) is 0 Å². The van der Waals surface area contributed by atoms with Crippen molar-refractivity contribution < 1.29 is 0 Å². The lowest BCUT2D eigenvalue weighted by molar-refractivity contribution is 0.473. The molecule has 0 aliphatic rings.